The van der Waals surface area contributed by atoms with Crippen LogP contribution in [-0.2, 0) is 6.42 Å². The maximum Gasteiger partial charge on any atom is 0.122 e. The molecule has 1 aliphatic rings. The Morgan fingerprint density at radius 2 is 1.94 bits per heavy atom. The van der Waals surface area contributed by atoms with Gasteiger partial charge in [0, 0.05) is 19.5 Å². The minimum atomic E-state index is -0.588. The van der Waals surface area contributed by atoms with Gasteiger partial charge in [0.15, 0.2) is 0 Å². The fourth-order valence-electron chi connectivity index (χ4n) is 2.07. The minimum Gasteiger partial charge on any atom is -0.496 e. The van der Waals surface area contributed by atoms with E-state index in [4.69, 9.17) is 4.74 Å². The first-order chi connectivity index (χ1) is 7.54. The van der Waals surface area contributed by atoms with Crippen LogP contribution in [0.4, 0.5) is 0 Å². The Labute approximate surface area is 96.4 Å². The molecular weight excluding hydrogens is 202 g/mol. The average molecular weight is 221 g/mol. The smallest absolute Gasteiger partial charge is 0.122 e. The van der Waals surface area contributed by atoms with E-state index in [2.05, 4.69) is 25.2 Å². The summed E-state index contributed by atoms with van der Waals surface area (Å²) >= 11 is 0. The molecule has 1 saturated heterocycles. The molecule has 0 atom stereocenters. The molecule has 0 aliphatic carbocycles. The molecule has 1 fully saturated rings. The Morgan fingerprint density at radius 3 is 2.44 bits per heavy atom. The number of methoxy groups -OCH3 is 1. The van der Waals surface area contributed by atoms with Crippen molar-refractivity contribution in [1.29, 1.82) is 0 Å². The molecule has 16 heavy (non-hydrogen) atoms. The van der Waals surface area contributed by atoms with E-state index in [0.717, 1.165) is 11.3 Å². The van der Waals surface area contributed by atoms with Gasteiger partial charge in [-0.15, -0.1) is 0 Å². The number of aliphatic hydroxyl groups is 1. The summed E-state index contributed by atoms with van der Waals surface area (Å²) < 4.78 is 5.36. The largest absolute Gasteiger partial charge is 0.496 e. The van der Waals surface area contributed by atoms with Gasteiger partial charge in [0.1, 0.15) is 5.75 Å². The van der Waals surface area contributed by atoms with Gasteiger partial charge in [0.25, 0.3) is 0 Å². The zero-order chi connectivity index (χ0) is 11.8. The van der Waals surface area contributed by atoms with Gasteiger partial charge in [-0.2, -0.15) is 0 Å². The van der Waals surface area contributed by atoms with Gasteiger partial charge in [0.2, 0.25) is 0 Å². The fraction of sp³-hybridized carbons (Fsp3) is 0.538. The quantitative estimate of drug-likeness (QED) is 0.805. The first kappa shape index (κ1) is 11.4. The summed E-state index contributed by atoms with van der Waals surface area (Å²) in [5.74, 6) is 0.878. The molecule has 0 saturated carbocycles. The number of ether oxygens (including phenoxy) is 1. The second kappa shape index (κ2) is 4.07. The molecule has 0 aromatic heterocycles. The van der Waals surface area contributed by atoms with Crippen molar-refractivity contribution in [1.82, 2.24) is 5.32 Å². The number of β-amino-alcohol motifs (C(OH)–C–C–N with tert-alkyl or cyclic N) is 1. The third-order valence-electron chi connectivity index (χ3n) is 3.32. The van der Waals surface area contributed by atoms with Crippen LogP contribution in [0.1, 0.15) is 16.7 Å². The maximum absolute atomic E-state index is 10.1. The predicted octanol–water partition coefficient (Wildman–Crippen LogP) is 1.19. The summed E-state index contributed by atoms with van der Waals surface area (Å²) in [4.78, 5) is 0. The summed E-state index contributed by atoms with van der Waals surface area (Å²) in [7, 11) is 1.68. The van der Waals surface area contributed by atoms with Gasteiger partial charge >= 0.3 is 0 Å². The van der Waals surface area contributed by atoms with E-state index in [9.17, 15) is 5.11 Å². The second-order valence-corrected chi connectivity index (χ2v) is 4.75. The van der Waals surface area contributed by atoms with Crippen molar-refractivity contribution >= 4 is 0 Å². The van der Waals surface area contributed by atoms with Gasteiger partial charge in [0.05, 0.1) is 12.7 Å². The van der Waals surface area contributed by atoms with Crippen molar-refractivity contribution in [2.24, 2.45) is 0 Å². The average Bonchev–Trinajstić information content (AvgIpc) is 2.21. The van der Waals surface area contributed by atoms with E-state index in [0.29, 0.717) is 19.5 Å². The molecule has 2 rings (SSSR count). The molecule has 1 aromatic rings. The lowest BCUT2D eigenvalue weighted by molar-refractivity contribution is -0.00944. The SMILES string of the molecule is COc1cc(C)c(C)cc1CC1(O)CNC1. The molecule has 0 amide bonds. The summed E-state index contributed by atoms with van der Waals surface area (Å²) in [6.07, 6.45) is 0.657. The van der Waals surface area contributed by atoms with Crippen LogP contribution in [0.15, 0.2) is 12.1 Å². The van der Waals surface area contributed by atoms with Crippen LogP contribution in [0, 0.1) is 13.8 Å². The first-order valence-corrected chi connectivity index (χ1v) is 5.61. The second-order valence-electron chi connectivity index (χ2n) is 4.75. The van der Waals surface area contributed by atoms with Gasteiger partial charge in [-0.05, 0) is 36.6 Å². The monoisotopic (exact) mass is 221 g/mol. The highest BCUT2D eigenvalue weighted by Gasteiger charge is 2.35. The zero-order valence-electron chi connectivity index (χ0n) is 10.1. The number of benzene rings is 1. The molecule has 1 aliphatic heterocycles. The van der Waals surface area contributed by atoms with Crippen molar-refractivity contribution in [3.63, 3.8) is 0 Å². The van der Waals surface area contributed by atoms with Crippen molar-refractivity contribution in [2.45, 2.75) is 25.9 Å². The Balaban J connectivity index is 2.28. The highest BCUT2D eigenvalue weighted by Crippen LogP contribution is 2.28. The normalized spacial score (nSPS) is 18.0. The van der Waals surface area contributed by atoms with E-state index >= 15 is 0 Å². The zero-order valence-corrected chi connectivity index (χ0v) is 10.1. The third kappa shape index (κ3) is 2.06. The predicted molar refractivity (Wildman–Crippen MR) is 64.0 cm³/mol. The van der Waals surface area contributed by atoms with Crippen LogP contribution >= 0.6 is 0 Å². The van der Waals surface area contributed by atoms with Crippen LogP contribution in [-0.4, -0.2) is 30.9 Å². The molecule has 1 aromatic carbocycles. The molecule has 3 nitrogen and oxygen atoms in total. The number of nitrogens with one attached hydrogen (secondary N) is 1. The minimum absolute atomic E-state index is 0.588. The molecule has 0 spiro atoms. The van der Waals surface area contributed by atoms with Crippen LogP contribution in [0.25, 0.3) is 0 Å². The van der Waals surface area contributed by atoms with Gasteiger partial charge in [-0.25, -0.2) is 0 Å². The van der Waals surface area contributed by atoms with Crippen molar-refractivity contribution in [3.8, 4) is 5.75 Å². The molecule has 0 radical (unpaired) electrons. The number of hydrogen-bond acceptors (Lipinski definition) is 3. The maximum atomic E-state index is 10.1. The molecule has 3 heteroatoms. The molecule has 0 unspecified atom stereocenters. The molecular formula is C13H19NO2. The van der Waals surface area contributed by atoms with Crippen LogP contribution in [0.2, 0.25) is 0 Å². The Bertz CT molecular complexity index is 397. The summed E-state index contributed by atoms with van der Waals surface area (Å²) in [6.45, 7) is 5.49. The summed E-state index contributed by atoms with van der Waals surface area (Å²) in [5, 5.41) is 13.2. The highest BCUT2D eigenvalue weighted by molar-refractivity contribution is 5.42. The van der Waals surface area contributed by atoms with Gasteiger partial charge in [-0.3, -0.25) is 0 Å². The summed E-state index contributed by atoms with van der Waals surface area (Å²) in [5.41, 5.74) is 2.97. The molecule has 2 N–H and O–H groups in total. The molecule has 0 bridgehead atoms. The Morgan fingerprint density at radius 1 is 1.31 bits per heavy atom. The van der Waals surface area contributed by atoms with Crippen LogP contribution < -0.4 is 10.1 Å². The van der Waals surface area contributed by atoms with Crippen molar-refractivity contribution in [2.75, 3.05) is 20.2 Å². The lowest BCUT2D eigenvalue weighted by Gasteiger charge is -2.38. The number of aryl methyl sites for hydroxylation is 2. The first-order valence-electron chi connectivity index (χ1n) is 5.61. The highest BCUT2D eigenvalue weighted by atomic mass is 16.5. The van der Waals surface area contributed by atoms with E-state index in [1.807, 2.05) is 6.07 Å². The van der Waals surface area contributed by atoms with Crippen LogP contribution in [0.3, 0.4) is 0 Å². The number of hydrogen-bond donors (Lipinski definition) is 2. The molecule has 1 heterocycles. The van der Waals surface area contributed by atoms with Gasteiger partial charge < -0.3 is 15.2 Å². The standard InChI is InChI=1S/C13H19NO2/c1-9-4-11(6-13(15)7-14-8-13)12(16-3)5-10(9)2/h4-5,14-15H,6-8H2,1-3H3. The number of rotatable bonds is 3. The van der Waals surface area contributed by atoms with Crippen molar-refractivity contribution in [3.05, 3.63) is 28.8 Å². The Hall–Kier alpha value is -1.06. The Kier molecular flexibility index (Phi) is 2.91. The fourth-order valence-corrected chi connectivity index (χ4v) is 2.07. The third-order valence-corrected chi connectivity index (χ3v) is 3.32. The van der Waals surface area contributed by atoms with E-state index in [-0.39, 0.29) is 0 Å². The van der Waals surface area contributed by atoms with E-state index in [1.54, 1.807) is 7.11 Å². The van der Waals surface area contributed by atoms with E-state index in [1.165, 1.54) is 11.1 Å². The lowest BCUT2D eigenvalue weighted by atomic mass is 9.87. The van der Waals surface area contributed by atoms with Gasteiger partial charge in [-0.1, -0.05) is 6.07 Å². The van der Waals surface area contributed by atoms with Crippen molar-refractivity contribution < 1.29 is 9.84 Å². The lowest BCUT2D eigenvalue weighted by Crippen LogP contribution is -2.60. The topological polar surface area (TPSA) is 41.5 Å². The van der Waals surface area contributed by atoms with E-state index < -0.39 is 5.60 Å². The van der Waals surface area contributed by atoms with Crippen LogP contribution in [0.5, 0.6) is 5.75 Å². The summed E-state index contributed by atoms with van der Waals surface area (Å²) in [6, 6.07) is 4.16. The molecule has 88 valence electrons.